The summed E-state index contributed by atoms with van der Waals surface area (Å²) in [6.07, 6.45) is 2.76. The molecular formula is C21H32ClN3O2. The molecule has 150 valence electrons. The largest absolute Gasteiger partial charge is 0.373 e. The van der Waals surface area contributed by atoms with Gasteiger partial charge in [-0.25, -0.2) is 0 Å². The van der Waals surface area contributed by atoms with Gasteiger partial charge in [-0.15, -0.1) is 0 Å². The quantitative estimate of drug-likeness (QED) is 0.747. The first-order valence-corrected chi connectivity index (χ1v) is 10.4. The summed E-state index contributed by atoms with van der Waals surface area (Å²) in [5.74, 6) is 0.788. The lowest BCUT2D eigenvalue weighted by Crippen LogP contribution is -2.51. The molecular weight excluding hydrogens is 362 g/mol. The highest BCUT2D eigenvalue weighted by Crippen LogP contribution is 2.27. The lowest BCUT2D eigenvalue weighted by Gasteiger charge is -2.42. The molecule has 6 heteroatoms. The van der Waals surface area contributed by atoms with E-state index in [1.807, 2.05) is 12.1 Å². The van der Waals surface area contributed by atoms with E-state index < -0.39 is 0 Å². The van der Waals surface area contributed by atoms with E-state index in [4.69, 9.17) is 16.3 Å². The van der Waals surface area contributed by atoms with E-state index in [0.717, 1.165) is 37.6 Å². The Hall–Kier alpha value is -1.14. The minimum atomic E-state index is -0.178. The average Bonchev–Trinajstić information content (AvgIpc) is 3.14. The second-order valence-corrected chi connectivity index (χ2v) is 8.78. The van der Waals surface area contributed by atoms with Crippen molar-refractivity contribution >= 4 is 17.5 Å². The van der Waals surface area contributed by atoms with Gasteiger partial charge >= 0.3 is 0 Å². The Morgan fingerprint density at radius 2 is 2.19 bits per heavy atom. The van der Waals surface area contributed by atoms with E-state index in [9.17, 15) is 4.79 Å². The number of rotatable bonds is 7. The van der Waals surface area contributed by atoms with Crippen molar-refractivity contribution in [2.24, 2.45) is 5.92 Å². The van der Waals surface area contributed by atoms with Crippen molar-refractivity contribution in [3.8, 4) is 0 Å². The van der Waals surface area contributed by atoms with E-state index in [1.54, 1.807) is 0 Å². The van der Waals surface area contributed by atoms with Crippen LogP contribution in [0, 0.1) is 5.92 Å². The van der Waals surface area contributed by atoms with Crippen LogP contribution in [0.5, 0.6) is 0 Å². The van der Waals surface area contributed by atoms with Gasteiger partial charge in [-0.2, -0.15) is 0 Å². The van der Waals surface area contributed by atoms with Crippen molar-refractivity contribution in [2.45, 2.75) is 44.8 Å². The predicted octanol–water partition coefficient (Wildman–Crippen LogP) is 3.00. The fraction of sp³-hybridized carbons (Fsp3) is 0.667. The SMILES string of the molecule is CC1(C)CN(C(CNC(=O)CCC2CCNC2)c2ccc(Cl)cc2)CCO1. The zero-order valence-corrected chi connectivity index (χ0v) is 17.2. The molecule has 2 fully saturated rings. The summed E-state index contributed by atoms with van der Waals surface area (Å²) >= 11 is 6.07. The summed E-state index contributed by atoms with van der Waals surface area (Å²) in [4.78, 5) is 14.8. The van der Waals surface area contributed by atoms with Gasteiger partial charge in [-0.1, -0.05) is 23.7 Å². The molecule has 5 nitrogen and oxygen atoms in total. The Bertz CT molecular complexity index is 614. The van der Waals surface area contributed by atoms with Crippen molar-refractivity contribution in [2.75, 3.05) is 39.3 Å². The monoisotopic (exact) mass is 393 g/mol. The normalized spacial score (nSPS) is 23.9. The van der Waals surface area contributed by atoms with Crippen LogP contribution in [0.15, 0.2) is 24.3 Å². The van der Waals surface area contributed by atoms with Crippen LogP contribution in [-0.2, 0) is 9.53 Å². The number of hydrogen-bond donors (Lipinski definition) is 2. The van der Waals surface area contributed by atoms with Gasteiger partial charge in [0.1, 0.15) is 0 Å². The van der Waals surface area contributed by atoms with Gasteiger partial charge in [0, 0.05) is 31.1 Å². The average molecular weight is 394 g/mol. The molecule has 2 N–H and O–H groups in total. The molecule has 1 amide bonds. The zero-order chi connectivity index (χ0) is 19.3. The number of carbonyl (C=O) groups excluding carboxylic acids is 1. The Labute approximate surface area is 167 Å². The van der Waals surface area contributed by atoms with Crippen LogP contribution in [0.25, 0.3) is 0 Å². The third-order valence-corrected chi connectivity index (χ3v) is 5.84. The van der Waals surface area contributed by atoms with Gasteiger partial charge in [-0.3, -0.25) is 9.69 Å². The van der Waals surface area contributed by atoms with E-state index >= 15 is 0 Å². The molecule has 2 heterocycles. The molecule has 0 radical (unpaired) electrons. The number of hydrogen-bond acceptors (Lipinski definition) is 4. The second kappa shape index (κ2) is 9.37. The third-order valence-electron chi connectivity index (χ3n) is 5.59. The minimum absolute atomic E-state index is 0.127. The maximum Gasteiger partial charge on any atom is 0.220 e. The lowest BCUT2D eigenvalue weighted by atomic mass is 10.00. The maximum atomic E-state index is 12.4. The van der Waals surface area contributed by atoms with Crippen molar-refractivity contribution in [1.82, 2.24) is 15.5 Å². The van der Waals surface area contributed by atoms with E-state index in [-0.39, 0.29) is 17.6 Å². The van der Waals surface area contributed by atoms with Gasteiger partial charge in [0.05, 0.1) is 18.2 Å². The smallest absolute Gasteiger partial charge is 0.220 e. The summed E-state index contributed by atoms with van der Waals surface area (Å²) in [6, 6.07) is 8.09. The summed E-state index contributed by atoms with van der Waals surface area (Å²) in [7, 11) is 0. The fourth-order valence-corrected chi connectivity index (χ4v) is 4.18. The number of amides is 1. The second-order valence-electron chi connectivity index (χ2n) is 8.35. The molecule has 1 aromatic carbocycles. The number of carbonyl (C=O) groups is 1. The zero-order valence-electron chi connectivity index (χ0n) is 16.5. The predicted molar refractivity (Wildman–Crippen MR) is 109 cm³/mol. The summed E-state index contributed by atoms with van der Waals surface area (Å²) < 4.78 is 5.87. The molecule has 3 rings (SSSR count). The Kier molecular flexibility index (Phi) is 7.15. The molecule has 1 aromatic rings. The molecule has 0 saturated carbocycles. The number of ether oxygens (including phenoxy) is 1. The molecule has 2 atom stereocenters. The molecule has 2 unspecified atom stereocenters. The highest BCUT2D eigenvalue weighted by atomic mass is 35.5. The van der Waals surface area contributed by atoms with E-state index in [1.165, 1.54) is 12.0 Å². The minimum Gasteiger partial charge on any atom is -0.373 e. The highest BCUT2D eigenvalue weighted by molar-refractivity contribution is 6.30. The first-order valence-electron chi connectivity index (χ1n) is 10.0. The van der Waals surface area contributed by atoms with Crippen LogP contribution in [0.3, 0.4) is 0 Å². The van der Waals surface area contributed by atoms with Crippen molar-refractivity contribution < 1.29 is 9.53 Å². The van der Waals surface area contributed by atoms with Gasteiger partial charge in [0.15, 0.2) is 0 Å². The van der Waals surface area contributed by atoms with E-state index in [2.05, 4.69) is 41.5 Å². The molecule has 2 aliphatic rings. The Morgan fingerprint density at radius 1 is 1.41 bits per heavy atom. The van der Waals surface area contributed by atoms with Crippen LogP contribution < -0.4 is 10.6 Å². The van der Waals surface area contributed by atoms with Gasteiger partial charge < -0.3 is 15.4 Å². The topological polar surface area (TPSA) is 53.6 Å². The van der Waals surface area contributed by atoms with Gasteiger partial charge in [0.25, 0.3) is 0 Å². The molecule has 0 bridgehead atoms. The van der Waals surface area contributed by atoms with E-state index in [0.29, 0.717) is 25.5 Å². The maximum absolute atomic E-state index is 12.4. The molecule has 0 aliphatic carbocycles. The first-order chi connectivity index (χ1) is 12.9. The van der Waals surface area contributed by atoms with Crippen LogP contribution in [0.4, 0.5) is 0 Å². The number of benzene rings is 1. The van der Waals surface area contributed by atoms with Gasteiger partial charge in [0.2, 0.25) is 5.91 Å². The molecule has 27 heavy (non-hydrogen) atoms. The molecule has 0 aromatic heterocycles. The third kappa shape index (κ3) is 6.18. The van der Waals surface area contributed by atoms with Crippen LogP contribution in [0.2, 0.25) is 5.02 Å². The fourth-order valence-electron chi connectivity index (χ4n) is 4.06. The molecule has 0 spiro atoms. The van der Waals surface area contributed by atoms with Crippen LogP contribution in [-0.4, -0.2) is 55.7 Å². The lowest BCUT2D eigenvalue weighted by molar-refractivity contribution is -0.122. The molecule has 2 saturated heterocycles. The van der Waals surface area contributed by atoms with Crippen molar-refractivity contribution in [3.63, 3.8) is 0 Å². The Morgan fingerprint density at radius 3 is 2.85 bits per heavy atom. The van der Waals surface area contributed by atoms with Crippen molar-refractivity contribution in [3.05, 3.63) is 34.9 Å². The molecule has 2 aliphatic heterocycles. The standard InChI is InChI=1S/C21H32ClN3O2/c1-21(2)15-25(11-12-27-21)19(17-4-6-18(22)7-5-17)14-24-20(26)8-3-16-9-10-23-13-16/h4-7,16,19,23H,3,8-15H2,1-2H3,(H,24,26). The number of halogens is 1. The van der Waals surface area contributed by atoms with Crippen molar-refractivity contribution in [1.29, 1.82) is 0 Å². The summed E-state index contributed by atoms with van der Waals surface area (Å²) in [6.45, 7) is 9.38. The van der Waals surface area contributed by atoms with Gasteiger partial charge in [-0.05, 0) is 63.4 Å². The number of nitrogens with one attached hydrogen (secondary N) is 2. The van der Waals surface area contributed by atoms with Crippen LogP contribution >= 0.6 is 11.6 Å². The number of nitrogens with zero attached hydrogens (tertiary/aromatic N) is 1. The Balaban J connectivity index is 1.60. The summed E-state index contributed by atoms with van der Waals surface area (Å²) in [5, 5.41) is 7.26. The summed E-state index contributed by atoms with van der Waals surface area (Å²) in [5.41, 5.74) is 1.000. The first kappa shape index (κ1) is 20.6. The number of morpholine rings is 1. The van der Waals surface area contributed by atoms with Crippen LogP contribution in [0.1, 0.15) is 44.7 Å². The highest BCUT2D eigenvalue weighted by Gasteiger charge is 2.32.